The lowest BCUT2D eigenvalue weighted by atomic mass is 10.2. The number of benzene rings is 1. The third-order valence-corrected chi connectivity index (χ3v) is 4.84. The molecular weight excluding hydrogens is 356 g/mol. The molecule has 2 aromatic rings. The lowest BCUT2D eigenvalue weighted by Crippen LogP contribution is -2.34. The molecule has 0 bridgehead atoms. The molecule has 3 rings (SSSR count). The minimum absolute atomic E-state index is 0.225. The average molecular weight is 378 g/mol. The van der Waals surface area contributed by atoms with Crippen LogP contribution in [0.15, 0.2) is 30.6 Å². The zero-order chi connectivity index (χ0) is 18.6. The molecule has 1 atom stereocenters. The molecule has 1 unspecified atom stereocenters. The van der Waals surface area contributed by atoms with Gasteiger partial charge in [-0.3, -0.25) is 0 Å². The van der Waals surface area contributed by atoms with E-state index in [1.54, 1.807) is 31.4 Å². The van der Waals surface area contributed by atoms with E-state index in [1.807, 2.05) is 0 Å². The first kappa shape index (κ1) is 18.5. The number of anilines is 3. The van der Waals surface area contributed by atoms with Crippen molar-refractivity contribution in [1.82, 2.24) is 15.0 Å². The maximum atomic E-state index is 11.3. The molecular formula is C16H22N6O3S. The fourth-order valence-electron chi connectivity index (χ4n) is 3.05. The third kappa shape index (κ3) is 4.87. The van der Waals surface area contributed by atoms with Crippen LogP contribution in [0.2, 0.25) is 0 Å². The Balaban J connectivity index is 1.76. The topological polar surface area (TPSA) is 123 Å². The van der Waals surface area contributed by atoms with Crippen LogP contribution in [0, 0.1) is 0 Å². The van der Waals surface area contributed by atoms with Gasteiger partial charge in [-0.1, -0.05) is 12.1 Å². The Morgan fingerprint density at radius 1 is 1.38 bits per heavy atom. The van der Waals surface area contributed by atoms with E-state index < -0.39 is 10.0 Å². The van der Waals surface area contributed by atoms with Crippen molar-refractivity contribution in [2.24, 2.45) is 5.14 Å². The molecule has 1 aliphatic rings. The zero-order valence-corrected chi connectivity index (χ0v) is 15.3. The Hall–Kier alpha value is -2.30. The predicted octanol–water partition coefficient (Wildman–Crippen LogP) is 1.02. The number of sulfonamides is 1. The summed E-state index contributed by atoms with van der Waals surface area (Å²) < 4.78 is 27.8. The number of rotatable bonds is 7. The maximum Gasteiger partial charge on any atom is 0.231 e. The number of nitrogens with zero attached hydrogens (tertiary/aromatic N) is 4. The van der Waals surface area contributed by atoms with E-state index in [2.05, 4.69) is 25.2 Å². The van der Waals surface area contributed by atoms with Crippen LogP contribution in [-0.2, 0) is 20.5 Å². The highest BCUT2D eigenvalue weighted by molar-refractivity contribution is 7.88. The Bertz CT molecular complexity index is 861. The van der Waals surface area contributed by atoms with E-state index in [0.717, 1.165) is 19.4 Å². The molecule has 9 nitrogen and oxygen atoms in total. The number of nitrogens with two attached hydrogens (primary N) is 1. The van der Waals surface area contributed by atoms with E-state index in [0.29, 0.717) is 29.8 Å². The standard InChI is InChI=1S/C16H22N6O3S/c1-25-9-14-6-3-7-22(14)16-19-11-18-15(21-16)20-13-5-2-4-12(8-13)10-26(17,23)24/h2,4-5,8,11,14H,3,6-7,9-10H2,1H3,(H2,17,23,24)(H,18,19,20,21). The van der Waals surface area contributed by atoms with Gasteiger partial charge in [0.25, 0.3) is 0 Å². The fraction of sp³-hybridized carbons (Fsp3) is 0.438. The molecule has 10 heteroatoms. The van der Waals surface area contributed by atoms with Gasteiger partial charge >= 0.3 is 0 Å². The number of nitrogens with one attached hydrogen (secondary N) is 1. The molecule has 1 aliphatic heterocycles. The molecule has 1 aromatic heterocycles. The molecule has 2 heterocycles. The van der Waals surface area contributed by atoms with Gasteiger partial charge in [0.1, 0.15) is 6.33 Å². The van der Waals surface area contributed by atoms with Gasteiger partial charge in [0.15, 0.2) is 0 Å². The first-order chi connectivity index (χ1) is 12.4. The van der Waals surface area contributed by atoms with Crippen LogP contribution in [0.25, 0.3) is 0 Å². The van der Waals surface area contributed by atoms with Gasteiger partial charge in [-0.25, -0.2) is 23.5 Å². The summed E-state index contributed by atoms with van der Waals surface area (Å²) in [5.41, 5.74) is 1.27. The zero-order valence-electron chi connectivity index (χ0n) is 14.5. The second-order valence-corrected chi connectivity index (χ2v) is 7.80. The molecule has 26 heavy (non-hydrogen) atoms. The summed E-state index contributed by atoms with van der Waals surface area (Å²) in [4.78, 5) is 15.0. The second-order valence-electron chi connectivity index (χ2n) is 6.19. The lowest BCUT2D eigenvalue weighted by Gasteiger charge is -2.23. The quantitative estimate of drug-likeness (QED) is 0.732. The maximum absolute atomic E-state index is 11.3. The summed E-state index contributed by atoms with van der Waals surface area (Å²) in [7, 11) is -1.90. The second kappa shape index (κ2) is 7.94. The fourth-order valence-corrected chi connectivity index (χ4v) is 3.70. The van der Waals surface area contributed by atoms with Crippen molar-refractivity contribution in [2.45, 2.75) is 24.6 Å². The van der Waals surface area contributed by atoms with Crippen LogP contribution >= 0.6 is 0 Å². The molecule has 1 aromatic carbocycles. The number of methoxy groups -OCH3 is 1. The smallest absolute Gasteiger partial charge is 0.231 e. The van der Waals surface area contributed by atoms with Gasteiger partial charge in [-0.2, -0.15) is 4.98 Å². The van der Waals surface area contributed by atoms with Gasteiger partial charge in [0.05, 0.1) is 18.4 Å². The molecule has 0 aliphatic carbocycles. The van der Waals surface area contributed by atoms with E-state index in [-0.39, 0.29) is 11.8 Å². The normalized spacial score (nSPS) is 17.5. The van der Waals surface area contributed by atoms with E-state index >= 15 is 0 Å². The first-order valence-corrected chi connectivity index (χ1v) is 9.97. The monoisotopic (exact) mass is 378 g/mol. The van der Waals surface area contributed by atoms with Crippen molar-refractivity contribution >= 4 is 27.6 Å². The number of aromatic nitrogens is 3. The Morgan fingerprint density at radius 2 is 2.23 bits per heavy atom. The van der Waals surface area contributed by atoms with Gasteiger partial charge < -0.3 is 15.0 Å². The van der Waals surface area contributed by atoms with Gasteiger partial charge in [0.2, 0.25) is 21.9 Å². The molecule has 0 amide bonds. The number of primary sulfonamides is 1. The van der Waals surface area contributed by atoms with Crippen LogP contribution in [0.4, 0.5) is 17.6 Å². The van der Waals surface area contributed by atoms with Crippen LogP contribution in [-0.4, -0.2) is 49.7 Å². The van der Waals surface area contributed by atoms with E-state index in [4.69, 9.17) is 9.88 Å². The molecule has 0 spiro atoms. The SMILES string of the molecule is COCC1CCCN1c1ncnc(Nc2cccc(CS(N)(=O)=O)c2)n1. The molecule has 3 N–H and O–H groups in total. The first-order valence-electron chi connectivity index (χ1n) is 8.25. The summed E-state index contributed by atoms with van der Waals surface area (Å²) in [6.45, 7) is 1.51. The van der Waals surface area contributed by atoms with Gasteiger partial charge in [-0.05, 0) is 30.5 Å². The Labute approximate surface area is 152 Å². The van der Waals surface area contributed by atoms with Gasteiger partial charge in [0, 0.05) is 19.3 Å². The molecule has 0 saturated carbocycles. The van der Waals surface area contributed by atoms with Gasteiger partial charge in [-0.15, -0.1) is 0 Å². The number of ether oxygens (including phenoxy) is 1. The van der Waals surface area contributed by atoms with Crippen molar-refractivity contribution < 1.29 is 13.2 Å². The third-order valence-electron chi connectivity index (χ3n) is 4.10. The van der Waals surface area contributed by atoms with Crippen LogP contribution in [0.5, 0.6) is 0 Å². The van der Waals surface area contributed by atoms with Crippen LogP contribution in [0.3, 0.4) is 0 Å². The van der Waals surface area contributed by atoms with Crippen molar-refractivity contribution in [3.63, 3.8) is 0 Å². The van der Waals surface area contributed by atoms with Crippen molar-refractivity contribution in [2.75, 3.05) is 30.5 Å². The summed E-state index contributed by atoms with van der Waals surface area (Å²) in [6.07, 6.45) is 3.57. The molecule has 1 saturated heterocycles. The number of hydrogen-bond donors (Lipinski definition) is 2. The highest BCUT2D eigenvalue weighted by Crippen LogP contribution is 2.23. The largest absolute Gasteiger partial charge is 0.383 e. The predicted molar refractivity (Wildman–Crippen MR) is 98.6 cm³/mol. The summed E-state index contributed by atoms with van der Waals surface area (Å²) in [5.74, 6) is 0.769. The lowest BCUT2D eigenvalue weighted by molar-refractivity contribution is 0.180. The molecule has 1 fully saturated rings. The van der Waals surface area contributed by atoms with Crippen molar-refractivity contribution in [3.8, 4) is 0 Å². The summed E-state index contributed by atoms with van der Waals surface area (Å²) in [6, 6.07) is 7.22. The Kier molecular flexibility index (Phi) is 5.64. The summed E-state index contributed by atoms with van der Waals surface area (Å²) in [5, 5.41) is 8.19. The highest BCUT2D eigenvalue weighted by atomic mass is 32.2. The van der Waals surface area contributed by atoms with Crippen molar-refractivity contribution in [3.05, 3.63) is 36.2 Å². The van der Waals surface area contributed by atoms with Crippen LogP contribution < -0.4 is 15.4 Å². The molecule has 0 radical (unpaired) electrons. The Morgan fingerprint density at radius 3 is 3.00 bits per heavy atom. The van der Waals surface area contributed by atoms with Crippen LogP contribution in [0.1, 0.15) is 18.4 Å². The van der Waals surface area contributed by atoms with E-state index in [1.165, 1.54) is 6.33 Å². The van der Waals surface area contributed by atoms with Crippen molar-refractivity contribution in [1.29, 1.82) is 0 Å². The minimum atomic E-state index is -3.58. The minimum Gasteiger partial charge on any atom is -0.383 e. The average Bonchev–Trinajstić information content (AvgIpc) is 3.02. The molecule has 140 valence electrons. The highest BCUT2D eigenvalue weighted by Gasteiger charge is 2.26. The number of hydrogen-bond acceptors (Lipinski definition) is 8. The van der Waals surface area contributed by atoms with E-state index in [9.17, 15) is 8.42 Å². The summed E-state index contributed by atoms with van der Waals surface area (Å²) >= 11 is 0.